The normalized spacial score (nSPS) is 27.3. The standard InChI is InChI=1S/C17H26N4/c1-13-10-20-8-3-2-7-16(20)12-21(13)11-14-5-4-6-15(9-14)17(18)19/h4-6,9,13,16H,2-3,7-8,10-12H2,1H3,(H3,18,19). The largest absolute Gasteiger partial charge is 0.384 e. The van der Waals surface area contributed by atoms with Crippen molar-refractivity contribution < 1.29 is 0 Å². The lowest BCUT2D eigenvalue weighted by Crippen LogP contribution is -2.58. The molecule has 0 radical (unpaired) electrons. The molecule has 21 heavy (non-hydrogen) atoms. The second kappa shape index (κ2) is 6.16. The van der Waals surface area contributed by atoms with Gasteiger partial charge in [-0.05, 0) is 37.9 Å². The van der Waals surface area contributed by atoms with E-state index < -0.39 is 0 Å². The number of nitrogens with one attached hydrogen (secondary N) is 1. The Bertz CT molecular complexity index is 513. The van der Waals surface area contributed by atoms with Crippen molar-refractivity contribution in [1.82, 2.24) is 9.80 Å². The maximum atomic E-state index is 7.57. The minimum atomic E-state index is 0.155. The van der Waals surface area contributed by atoms with E-state index in [1.807, 2.05) is 12.1 Å². The smallest absolute Gasteiger partial charge is 0.122 e. The van der Waals surface area contributed by atoms with Crippen LogP contribution in [0.2, 0.25) is 0 Å². The predicted octanol–water partition coefficient (Wildman–Crippen LogP) is 2.03. The topological polar surface area (TPSA) is 56.4 Å². The molecule has 2 unspecified atom stereocenters. The minimum Gasteiger partial charge on any atom is -0.384 e. The van der Waals surface area contributed by atoms with E-state index in [4.69, 9.17) is 11.1 Å². The highest BCUT2D eigenvalue weighted by molar-refractivity contribution is 5.95. The highest BCUT2D eigenvalue weighted by atomic mass is 15.3. The Morgan fingerprint density at radius 2 is 2.19 bits per heavy atom. The molecule has 3 rings (SSSR count). The summed E-state index contributed by atoms with van der Waals surface area (Å²) >= 11 is 0. The minimum absolute atomic E-state index is 0.155. The van der Waals surface area contributed by atoms with Crippen LogP contribution in [0.25, 0.3) is 0 Å². The van der Waals surface area contributed by atoms with E-state index in [9.17, 15) is 0 Å². The van der Waals surface area contributed by atoms with Gasteiger partial charge in [0, 0.05) is 37.3 Å². The fourth-order valence-corrected chi connectivity index (χ4v) is 3.70. The first kappa shape index (κ1) is 14.5. The number of rotatable bonds is 3. The summed E-state index contributed by atoms with van der Waals surface area (Å²) < 4.78 is 0. The van der Waals surface area contributed by atoms with Gasteiger partial charge in [0.05, 0.1) is 0 Å². The maximum Gasteiger partial charge on any atom is 0.122 e. The monoisotopic (exact) mass is 286 g/mol. The predicted molar refractivity (Wildman–Crippen MR) is 86.5 cm³/mol. The van der Waals surface area contributed by atoms with Gasteiger partial charge in [0.15, 0.2) is 0 Å². The lowest BCUT2D eigenvalue weighted by molar-refractivity contribution is 0.0111. The van der Waals surface area contributed by atoms with Gasteiger partial charge in [0.25, 0.3) is 0 Å². The van der Waals surface area contributed by atoms with Gasteiger partial charge in [-0.15, -0.1) is 0 Å². The summed E-state index contributed by atoms with van der Waals surface area (Å²) in [5.74, 6) is 0.155. The van der Waals surface area contributed by atoms with Gasteiger partial charge < -0.3 is 5.73 Å². The SMILES string of the molecule is CC1CN2CCCCC2CN1Cc1cccc(C(=N)N)c1. The van der Waals surface area contributed by atoms with Crippen LogP contribution in [0.4, 0.5) is 0 Å². The average Bonchev–Trinajstić information content (AvgIpc) is 2.48. The Hall–Kier alpha value is -1.39. The van der Waals surface area contributed by atoms with Crippen molar-refractivity contribution in [3.8, 4) is 0 Å². The first-order chi connectivity index (χ1) is 10.1. The van der Waals surface area contributed by atoms with Crippen LogP contribution in [-0.2, 0) is 6.54 Å². The number of nitrogens with zero attached hydrogens (tertiary/aromatic N) is 2. The van der Waals surface area contributed by atoms with Crippen LogP contribution in [-0.4, -0.2) is 47.4 Å². The number of amidine groups is 1. The van der Waals surface area contributed by atoms with Crippen LogP contribution in [0, 0.1) is 5.41 Å². The zero-order valence-electron chi connectivity index (χ0n) is 12.9. The molecule has 4 nitrogen and oxygen atoms in total. The number of hydrogen-bond acceptors (Lipinski definition) is 3. The molecule has 0 bridgehead atoms. The van der Waals surface area contributed by atoms with Crippen LogP contribution in [0.3, 0.4) is 0 Å². The molecular formula is C17H26N4. The van der Waals surface area contributed by atoms with Crippen LogP contribution < -0.4 is 5.73 Å². The van der Waals surface area contributed by atoms with E-state index in [1.165, 1.54) is 44.5 Å². The van der Waals surface area contributed by atoms with E-state index >= 15 is 0 Å². The van der Waals surface area contributed by atoms with Crippen molar-refractivity contribution in [2.75, 3.05) is 19.6 Å². The summed E-state index contributed by atoms with van der Waals surface area (Å²) in [6.45, 7) is 6.94. The molecular weight excluding hydrogens is 260 g/mol. The molecule has 3 N–H and O–H groups in total. The molecule has 2 aliphatic rings. The number of benzene rings is 1. The van der Waals surface area contributed by atoms with Gasteiger partial charge in [0.2, 0.25) is 0 Å². The van der Waals surface area contributed by atoms with Gasteiger partial charge in [-0.25, -0.2) is 0 Å². The maximum absolute atomic E-state index is 7.57. The number of piperidine rings is 1. The van der Waals surface area contributed by atoms with Crippen LogP contribution in [0.15, 0.2) is 24.3 Å². The van der Waals surface area contributed by atoms with Gasteiger partial charge in [0.1, 0.15) is 5.84 Å². The van der Waals surface area contributed by atoms with E-state index in [0.29, 0.717) is 6.04 Å². The summed E-state index contributed by atoms with van der Waals surface area (Å²) in [6.07, 6.45) is 4.09. The number of hydrogen-bond donors (Lipinski definition) is 2. The summed E-state index contributed by atoms with van der Waals surface area (Å²) in [6, 6.07) is 9.46. The molecule has 2 atom stereocenters. The van der Waals surface area contributed by atoms with Gasteiger partial charge in [-0.1, -0.05) is 24.6 Å². The lowest BCUT2D eigenvalue weighted by Gasteiger charge is -2.47. The van der Waals surface area contributed by atoms with E-state index in [0.717, 1.165) is 18.2 Å². The lowest BCUT2D eigenvalue weighted by atomic mass is 9.96. The molecule has 2 aliphatic heterocycles. The van der Waals surface area contributed by atoms with Gasteiger partial charge in [-0.2, -0.15) is 0 Å². The first-order valence-electron chi connectivity index (χ1n) is 8.05. The third-order valence-electron chi connectivity index (χ3n) is 4.94. The summed E-state index contributed by atoms with van der Waals surface area (Å²) in [4.78, 5) is 5.27. The Kier molecular flexibility index (Phi) is 4.27. The second-order valence-corrected chi connectivity index (χ2v) is 6.54. The first-order valence-corrected chi connectivity index (χ1v) is 8.05. The molecule has 0 aromatic heterocycles. The highest BCUT2D eigenvalue weighted by Gasteiger charge is 2.32. The van der Waals surface area contributed by atoms with Crippen molar-refractivity contribution in [3.63, 3.8) is 0 Å². The second-order valence-electron chi connectivity index (χ2n) is 6.54. The quantitative estimate of drug-likeness (QED) is 0.660. The highest BCUT2D eigenvalue weighted by Crippen LogP contribution is 2.25. The Labute approximate surface area is 127 Å². The molecule has 1 aromatic carbocycles. The Morgan fingerprint density at radius 1 is 1.33 bits per heavy atom. The van der Waals surface area contributed by atoms with Crippen LogP contribution in [0.5, 0.6) is 0 Å². The molecule has 0 spiro atoms. The zero-order valence-corrected chi connectivity index (χ0v) is 12.9. The van der Waals surface area contributed by atoms with Gasteiger partial charge >= 0.3 is 0 Å². The average molecular weight is 286 g/mol. The van der Waals surface area contributed by atoms with Crippen molar-refractivity contribution >= 4 is 5.84 Å². The van der Waals surface area contributed by atoms with Crippen LogP contribution in [0.1, 0.15) is 37.3 Å². The molecule has 1 aromatic rings. The Balaban J connectivity index is 1.69. The molecule has 114 valence electrons. The molecule has 2 saturated heterocycles. The number of piperazine rings is 1. The van der Waals surface area contributed by atoms with E-state index in [1.54, 1.807) is 0 Å². The fraction of sp³-hybridized carbons (Fsp3) is 0.588. The third-order valence-corrected chi connectivity index (χ3v) is 4.94. The summed E-state index contributed by atoms with van der Waals surface area (Å²) in [5, 5.41) is 7.57. The molecule has 0 saturated carbocycles. The van der Waals surface area contributed by atoms with Crippen molar-refractivity contribution in [1.29, 1.82) is 5.41 Å². The van der Waals surface area contributed by atoms with Crippen molar-refractivity contribution in [3.05, 3.63) is 35.4 Å². The zero-order chi connectivity index (χ0) is 14.8. The Morgan fingerprint density at radius 3 is 3.00 bits per heavy atom. The molecule has 2 fully saturated rings. The molecule has 0 aliphatic carbocycles. The molecule has 4 heteroatoms. The molecule has 2 heterocycles. The summed E-state index contributed by atoms with van der Waals surface area (Å²) in [5.41, 5.74) is 7.69. The van der Waals surface area contributed by atoms with Crippen molar-refractivity contribution in [2.45, 2.75) is 44.8 Å². The van der Waals surface area contributed by atoms with Crippen LogP contribution >= 0.6 is 0 Å². The third kappa shape index (κ3) is 3.27. The number of nitrogens with two attached hydrogens (primary N) is 1. The van der Waals surface area contributed by atoms with Gasteiger partial charge in [-0.3, -0.25) is 15.2 Å². The fourth-order valence-electron chi connectivity index (χ4n) is 3.70. The van der Waals surface area contributed by atoms with E-state index in [-0.39, 0.29) is 5.84 Å². The number of fused-ring (bicyclic) bond motifs is 1. The number of nitrogen functional groups attached to an aromatic ring is 1. The van der Waals surface area contributed by atoms with E-state index in [2.05, 4.69) is 28.9 Å². The molecule has 0 amide bonds. The van der Waals surface area contributed by atoms with Crippen molar-refractivity contribution in [2.24, 2.45) is 5.73 Å². The summed E-state index contributed by atoms with van der Waals surface area (Å²) in [7, 11) is 0.